The summed E-state index contributed by atoms with van der Waals surface area (Å²) >= 11 is 0. The van der Waals surface area contributed by atoms with Crippen LogP contribution in [-0.4, -0.2) is 59.7 Å². The van der Waals surface area contributed by atoms with E-state index in [0.29, 0.717) is 37.5 Å². The molecule has 1 aliphatic heterocycles. The lowest BCUT2D eigenvalue weighted by Crippen LogP contribution is -2.50. The number of nitrogens with zero attached hydrogens (tertiary/aromatic N) is 2. The lowest BCUT2D eigenvalue weighted by Gasteiger charge is -2.44. The minimum Gasteiger partial charge on any atom is -0.465 e. The first-order chi connectivity index (χ1) is 17.4. The maximum atomic E-state index is 12.9. The molecule has 188 valence electrons. The second-order valence-corrected chi connectivity index (χ2v) is 8.94. The van der Waals surface area contributed by atoms with Crippen molar-refractivity contribution in [1.82, 2.24) is 9.80 Å². The van der Waals surface area contributed by atoms with E-state index in [9.17, 15) is 14.7 Å². The Morgan fingerprint density at radius 3 is 2.36 bits per heavy atom. The summed E-state index contributed by atoms with van der Waals surface area (Å²) in [5, 5.41) is 11.7. The van der Waals surface area contributed by atoms with Crippen LogP contribution in [0.2, 0.25) is 0 Å². The number of carbonyl (C=O) groups is 2. The highest BCUT2D eigenvalue weighted by molar-refractivity contribution is 5.94. The zero-order chi connectivity index (χ0) is 25.5. The van der Waals surface area contributed by atoms with Gasteiger partial charge in [0.1, 0.15) is 5.60 Å². The Kier molecular flexibility index (Phi) is 8.03. The standard InChI is InChI=1S/C29H33N3O4/c1-3-32(4-2)27(33)23-13-15-24(16-14-23)29(25-11-8-12-26(19-25)30-28(34)35)21-31(17-18-36-29)20-22-9-6-5-7-10-22/h5-16,19,30H,3-4,17-18,20-21H2,1-2H3,(H,34,35). The first kappa shape index (κ1) is 25.4. The zero-order valence-electron chi connectivity index (χ0n) is 20.8. The molecular formula is C29H33N3O4. The van der Waals surface area contributed by atoms with Crippen molar-refractivity contribution >= 4 is 17.7 Å². The van der Waals surface area contributed by atoms with E-state index in [-0.39, 0.29) is 5.91 Å². The highest BCUT2D eigenvalue weighted by atomic mass is 16.5. The molecule has 1 unspecified atom stereocenters. The number of benzene rings is 3. The average Bonchev–Trinajstić information content (AvgIpc) is 2.90. The Hall–Kier alpha value is -3.68. The van der Waals surface area contributed by atoms with Gasteiger partial charge >= 0.3 is 6.09 Å². The summed E-state index contributed by atoms with van der Waals surface area (Å²) in [6, 6.07) is 25.3. The van der Waals surface area contributed by atoms with Crippen LogP contribution in [0.15, 0.2) is 78.9 Å². The van der Waals surface area contributed by atoms with Gasteiger partial charge in [-0.05, 0) is 54.8 Å². The lowest BCUT2D eigenvalue weighted by atomic mass is 9.83. The third-order valence-corrected chi connectivity index (χ3v) is 6.68. The second kappa shape index (κ2) is 11.4. The molecule has 2 amide bonds. The number of hydrogen-bond donors (Lipinski definition) is 2. The fourth-order valence-corrected chi connectivity index (χ4v) is 4.83. The van der Waals surface area contributed by atoms with Crippen LogP contribution in [-0.2, 0) is 16.9 Å². The van der Waals surface area contributed by atoms with E-state index in [0.717, 1.165) is 24.2 Å². The van der Waals surface area contributed by atoms with E-state index in [1.54, 1.807) is 11.0 Å². The molecule has 1 heterocycles. The van der Waals surface area contributed by atoms with Gasteiger partial charge in [-0.1, -0.05) is 54.6 Å². The third kappa shape index (κ3) is 5.58. The van der Waals surface area contributed by atoms with Crippen LogP contribution in [0, 0.1) is 0 Å². The molecule has 0 bridgehead atoms. The fraction of sp³-hybridized carbons (Fsp3) is 0.310. The number of hydrogen-bond acceptors (Lipinski definition) is 4. The van der Waals surface area contributed by atoms with Crippen LogP contribution < -0.4 is 5.32 Å². The molecule has 36 heavy (non-hydrogen) atoms. The van der Waals surface area contributed by atoms with Crippen LogP contribution in [0.1, 0.15) is 40.9 Å². The van der Waals surface area contributed by atoms with Crippen molar-refractivity contribution in [2.75, 3.05) is 38.1 Å². The predicted molar refractivity (Wildman–Crippen MR) is 140 cm³/mol. The first-order valence-corrected chi connectivity index (χ1v) is 12.4. The second-order valence-electron chi connectivity index (χ2n) is 8.94. The van der Waals surface area contributed by atoms with Gasteiger partial charge in [-0.2, -0.15) is 0 Å². The molecule has 2 N–H and O–H groups in total. The number of rotatable bonds is 8. The van der Waals surface area contributed by atoms with Gasteiger partial charge in [-0.3, -0.25) is 15.0 Å². The summed E-state index contributed by atoms with van der Waals surface area (Å²) in [7, 11) is 0. The zero-order valence-corrected chi connectivity index (χ0v) is 20.8. The molecule has 0 aliphatic carbocycles. The quantitative estimate of drug-likeness (QED) is 0.466. The first-order valence-electron chi connectivity index (χ1n) is 12.4. The van der Waals surface area contributed by atoms with E-state index in [1.807, 2.05) is 74.5 Å². The summed E-state index contributed by atoms with van der Waals surface area (Å²) in [6.45, 7) is 7.91. The van der Waals surface area contributed by atoms with Gasteiger partial charge in [0.25, 0.3) is 5.91 Å². The van der Waals surface area contributed by atoms with Crippen LogP contribution >= 0.6 is 0 Å². The van der Waals surface area contributed by atoms with Crippen LogP contribution in [0.25, 0.3) is 0 Å². The maximum Gasteiger partial charge on any atom is 0.409 e. The number of carbonyl (C=O) groups excluding carboxylic acids is 1. The molecule has 0 saturated carbocycles. The van der Waals surface area contributed by atoms with Crippen molar-refractivity contribution in [3.63, 3.8) is 0 Å². The van der Waals surface area contributed by atoms with Crippen molar-refractivity contribution in [2.24, 2.45) is 0 Å². The minimum absolute atomic E-state index is 0.00326. The fourth-order valence-electron chi connectivity index (χ4n) is 4.83. The molecule has 1 saturated heterocycles. The number of morpholine rings is 1. The molecule has 3 aromatic carbocycles. The third-order valence-electron chi connectivity index (χ3n) is 6.68. The highest BCUT2D eigenvalue weighted by Gasteiger charge is 2.40. The molecule has 0 aromatic heterocycles. The molecule has 7 nitrogen and oxygen atoms in total. The number of amides is 2. The Bertz CT molecular complexity index is 1180. The maximum absolute atomic E-state index is 12.9. The normalized spacial score (nSPS) is 17.9. The number of anilines is 1. The SMILES string of the molecule is CCN(CC)C(=O)c1ccc(C2(c3cccc(NC(=O)O)c3)CN(Cc3ccccc3)CCO2)cc1. The van der Waals surface area contributed by atoms with Gasteiger partial charge in [0, 0.05) is 44.0 Å². The molecule has 0 spiro atoms. The summed E-state index contributed by atoms with van der Waals surface area (Å²) in [5.74, 6) is 0.00326. The van der Waals surface area contributed by atoms with Gasteiger partial charge in [-0.15, -0.1) is 0 Å². The van der Waals surface area contributed by atoms with Gasteiger partial charge in [0.2, 0.25) is 0 Å². The molecular weight excluding hydrogens is 454 g/mol. The van der Waals surface area contributed by atoms with Crippen molar-refractivity contribution in [3.05, 3.63) is 101 Å². The van der Waals surface area contributed by atoms with Crippen molar-refractivity contribution in [2.45, 2.75) is 26.0 Å². The Morgan fingerprint density at radius 1 is 0.972 bits per heavy atom. The number of nitrogens with one attached hydrogen (secondary N) is 1. The van der Waals surface area contributed by atoms with E-state index in [1.165, 1.54) is 5.56 Å². The molecule has 0 radical (unpaired) electrons. The van der Waals surface area contributed by atoms with Gasteiger partial charge in [0.05, 0.1) is 6.61 Å². The van der Waals surface area contributed by atoms with Gasteiger partial charge in [0.15, 0.2) is 0 Å². The predicted octanol–water partition coefficient (Wildman–Crippen LogP) is 5.03. The summed E-state index contributed by atoms with van der Waals surface area (Å²) < 4.78 is 6.54. The molecule has 7 heteroatoms. The largest absolute Gasteiger partial charge is 0.465 e. The van der Waals surface area contributed by atoms with Crippen LogP contribution in [0.5, 0.6) is 0 Å². The summed E-state index contributed by atoms with van der Waals surface area (Å²) in [5.41, 5.74) is 3.29. The molecule has 1 fully saturated rings. The van der Waals surface area contributed by atoms with E-state index < -0.39 is 11.7 Å². The lowest BCUT2D eigenvalue weighted by molar-refractivity contribution is -0.0906. The Morgan fingerprint density at radius 2 is 1.69 bits per heavy atom. The van der Waals surface area contributed by atoms with Crippen molar-refractivity contribution in [3.8, 4) is 0 Å². The van der Waals surface area contributed by atoms with Gasteiger partial charge in [-0.25, -0.2) is 4.79 Å². The molecule has 3 aromatic rings. The van der Waals surface area contributed by atoms with Gasteiger partial charge < -0.3 is 14.7 Å². The topological polar surface area (TPSA) is 82.1 Å². The summed E-state index contributed by atoms with van der Waals surface area (Å²) in [4.78, 5) is 28.3. The Labute approximate surface area is 212 Å². The monoisotopic (exact) mass is 487 g/mol. The highest BCUT2D eigenvalue weighted by Crippen LogP contribution is 2.38. The molecule has 4 rings (SSSR count). The average molecular weight is 488 g/mol. The van der Waals surface area contributed by atoms with E-state index in [4.69, 9.17) is 4.74 Å². The number of ether oxygens (including phenoxy) is 1. The molecule has 1 atom stereocenters. The van der Waals surface area contributed by atoms with E-state index >= 15 is 0 Å². The van der Waals surface area contributed by atoms with E-state index in [2.05, 4.69) is 22.3 Å². The minimum atomic E-state index is -1.12. The van der Waals surface area contributed by atoms with Crippen LogP contribution in [0.4, 0.5) is 10.5 Å². The Balaban J connectivity index is 1.72. The summed E-state index contributed by atoms with van der Waals surface area (Å²) in [6.07, 6.45) is -1.12. The molecule has 1 aliphatic rings. The van der Waals surface area contributed by atoms with Crippen molar-refractivity contribution < 1.29 is 19.4 Å². The van der Waals surface area contributed by atoms with Crippen molar-refractivity contribution in [1.29, 1.82) is 0 Å². The van der Waals surface area contributed by atoms with Crippen LogP contribution in [0.3, 0.4) is 0 Å². The smallest absolute Gasteiger partial charge is 0.409 e. The number of carboxylic acid groups (broad SMARTS) is 1.